The number of hydrogen-bond acceptors (Lipinski definition) is 3. The van der Waals surface area contributed by atoms with Gasteiger partial charge in [-0.3, -0.25) is 0 Å². The lowest BCUT2D eigenvalue weighted by atomic mass is 9.56. The topological polar surface area (TPSA) is 46.2 Å². The highest BCUT2D eigenvalue weighted by Gasteiger charge is 2.51. The molecule has 0 saturated heterocycles. The van der Waals surface area contributed by atoms with E-state index in [1.807, 2.05) is 0 Å². The maximum atomic E-state index is 9.06. The van der Waals surface area contributed by atoms with Crippen LogP contribution >= 0.6 is 11.8 Å². The number of nitrogens with two attached hydrogens (primary N) is 1. The Labute approximate surface area is 187 Å². The molecule has 0 aliphatic heterocycles. The van der Waals surface area contributed by atoms with E-state index in [0.717, 1.165) is 42.9 Å². The number of rotatable bonds is 9. The third-order valence-electron chi connectivity index (χ3n) is 8.88. The van der Waals surface area contributed by atoms with E-state index in [-0.39, 0.29) is 0 Å². The molecule has 1 aromatic rings. The third kappa shape index (κ3) is 4.50. The summed E-state index contributed by atoms with van der Waals surface area (Å²) < 4.78 is 0.668. The van der Waals surface area contributed by atoms with Gasteiger partial charge >= 0.3 is 0 Å². The first-order valence-electron chi connectivity index (χ1n) is 12.7. The molecule has 4 bridgehead atoms. The summed E-state index contributed by atoms with van der Waals surface area (Å²) in [6, 6.07) is 7.24. The van der Waals surface area contributed by atoms with Gasteiger partial charge in [-0.1, -0.05) is 24.6 Å². The van der Waals surface area contributed by atoms with Crippen molar-refractivity contribution in [1.29, 1.82) is 0 Å². The second kappa shape index (κ2) is 9.16. The van der Waals surface area contributed by atoms with E-state index in [2.05, 4.69) is 30.0 Å². The standard InChI is InChI=1S/C27H41NOS/c28-17-26(3-1-2-8-29)25-7-6-23-12-19(4-5-24(23)13-25)18-30-27-14-20-9-21(15-27)11-22(10-20)16-27/h6-7,13,19-22,26,29H,1-5,8-12,14-18,28H2/t19-,20?,21?,22?,26+,27?/m1/s1. The normalized spacial score (nSPS) is 35.4. The van der Waals surface area contributed by atoms with E-state index in [1.54, 1.807) is 30.4 Å². The van der Waals surface area contributed by atoms with Gasteiger partial charge in [0.1, 0.15) is 0 Å². The predicted molar refractivity (Wildman–Crippen MR) is 128 cm³/mol. The Balaban J connectivity index is 1.18. The van der Waals surface area contributed by atoms with Crippen LogP contribution in [0.4, 0.5) is 0 Å². The summed E-state index contributed by atoms with van der Waals surface area (Å²) in [5.74, 6) is 5.92. The second-order valence-corrected chi connectivity index (χ2v) is 12.7. The number of aryl methyl sites for hydroxylation is 1. The van der Waals surface area contributed by atoms with Crippen molar-refractivity contribution >= 4 is 11.8 Å². The molecule has 2 atom stereocenters. The molecule has 4 fully saturated rings. The summed E-state index contributed by atoms with van der Waals surface area (Å²) >= 11 is 2.40. The average Bonchev–Trinajstić information content (AvgIpc) is 2.74. The number of hydrogen-bond donors (Lipinski definition) is 2. The fraction of sp³-hybridized carbons (Fsp3) is 0.778. The van der Waals surface area contributed by atoms with Crippen LogP contribution in [0.3, 0.4) is 0 Å². The largest absolute Gasteiger partial charge is 0.396 e. The molecule has 0 radical (unpaired) electrons. The van der Waals surface area contributed by atoms with Gasteiger partial charge in [-0.05, 0) is 129 Å². The summed E-state index contributed by atoms with van der Waals surface area (Å²) in [6.45, 7) is 1.01. The van der Waals surface area contributed by atoms with E-state index >= 15 is 0 Å². The number of benzene rings is 1. The Kier molecular flexibility index (Phi) is 6.51. The zero-order valence-electron chi connectivity index (χ0n) is 18.7. The molecular formula is C27H41NOS. The van der Waals surface area contributed by atoms with Gasteiger partial charge in [0, 0.05) is 11.4 Å². The van der Waals surface area contributed by atoms with Crippen molar-refractivity contribution in [2.45, 2.75) is 87.7 Å². The lowest BCUT2D eigenvalue weighted by Crippen LogP contribution is -2.48. The van der Waals surface area contributed by atoms with Gasteiger partial charge in [0.25, 0.3) is 0 Å². The van der Waals surface area contributed by atoms with Crippen molar-refractivity contribution < 1.29 is 5.11 Å². The van der Waals surface area contributed by atoms with Crippen molar-refractivity contribution in [3.8, 4) is 0 Å². The van der Waals surface area contributed by atoms with Crippen LogP contribution in [0, 0.1) is 23.7 Å². The zero-order valence-corrected chi connectivity index (χ0v) is 19.5. The van der Waals surface area contributed by atoms with Crippen LogP contribution in [0.25, 0.3) is 0 Å². The lowest BCUT2D eigenvalue weighted by molar-refractivity contribution is 0.0382. The minimum absolute atomic E-state index is 0.296. The van der Waals surface area contributed by atoms with Gasteiger partial charge in [0.15, 0.2) is 0 Å². The monoisotopic (exact) mass is 427 g/mol. The SMILES string of the molecule is NC[C@H](CCCCO)c1ccc2c(c1)CC[C@@H](CSC13CC4CC(CC(C4)C1)C3)C2. The first-order valence-corrected chi connectivity index (χ1v) is 13.7. The summed E-state index contributed by atoms with van der Waals surface area (Å²) in [4.78, 5) is 0. The van der Waals surface area contributed by atoms with E-state index in [4.69, 9.17) is 10.8 Å². The van der Waals surface area contributed by atoms with Crippen LogP contribution < -0.4 is 5.73 Å². The van der Waals surface area contributed by atoms with Crippen molar-refractivity contribution in [3.05, 3.63) is 34.9 Å². The molecule has 0 heterocycles. The number of aliphatic hydroxyl groups is 1. The van der Waals surface area contributed by atoms with Gasteiger partial charge in [-0.25, -0.2) is 0 Å². The molecule has 0 aromatic heterocycles. The lowest BCUT2D eigenvalue weighted by Gasteiger charge is -2.56. The number of thioether (sulfide) groups is 1. The van der Waals surface area contributed by atoms with Crippen molar-refractivity contribution in [1.82, 2.24) is 0 Å². The molecule has 4 saturated carbocycles. The molecule has 5 aliphatic rings. The minimum atomic E-state index is 0.296. The Hall–Kier alpha value is -0.510. The van der Waals surface area contributed by atoms with Gasteiger partial charge < -0.3 is 10.8 Å². The molecule has 6 rings (SSSR count). The minimum Gasteiger partial charge on any atom is -0.396 e. The van der Waals surface area contributed by atoms with Crippen LogP contribution in [0.2, 0.25) is 0 Å². The Morgan fingerprint density at radius 3 is 2.43 bits per heavy atom. The Morgan fingerprint density at radius 2 is 1.77 bits per heavy atom. The maximum Gasteiger partial charge on any atom is 0.0431 e. The maximum absolute atomic E-state index is 9.06. The fourth-order valence-electron chi connectivity index (χ4n) is 7.67. The summed E-state index contributed by atoms with van der Waals surface area (Å²) in [6.07, 6.45) is 16.2. The van der Waals surface area contributed by atoms with Crippen LogP contribution in [0.1, 0.15) is 86.8 Å². The highest BCUT2D eigenvalue weighted by atomic mass is 32.2. The van der Waals surface area contributed by atoms with Crippen molar-refractivity contribution in [2.75, 3.05) is 18.9 Å². The zero-order chi connectivity index (χ0) is 20.6. The molecule has 2 nitrogen and oxygen atoms in total. The number of aliphatic hydroxyl groups excluding tert-OH is 1. The van der Waals surface area contributed by atoms with E-state index in [0.29, 0.717) is 23.8 Å². The molecule has 30 heavy (non-hydrogen) atoms. The first kappa shape index (κ1) is 21.3. The molecular weight excluding hydrogens is 386 g/mol. The first-order chi connectivity index (χ1) is 14.7. The Bertz CT molecular complexity index is 696. The fourth-order valence-corrected chi connectivity index (χ4v) is 9.61. The highest BCUT2D eigenvalue weighted by molar-refractivity contribution is 8.00. The van der Waals surface area contributed by atoms with Crippen molar-refractivity contribution in [3.63, 3.8) is 0 Å². The van der Waals surface area contributed by atoms with Crippen LogP contribution in [-0.4, -0.2) is 28.8 Å². The summed E-state index contributed by atoms with van der Waals surface area (Å²) in [5.41, 5.74) is 10.7. The van der Waals surface area contributed by atoms with Crippen molar-refractivity contribution in [2.24, 2.45) is 29.4 Å². The van der Waals surface area contributed by atoms with Crippen LogP contribution in [0.5, 0.6) is 0 Å². The van der Waals surface area contributed by atoms with Crippen LogP contribution in [0.15, 0.2) is 18.2 Å². The van der Waals surface area contributed by atoms with E-state index in [9.17, 15) is 0 Å². The molecule has 0 spiro atoms. The van der Waals surface area contributed by atoms with E-state index in [1.165, 1.54) is 49.8 Å². The number of fused-ring (bicyclic) bond motifs is 1. The third-order valence-corrected chi connectivity index (χ3v) is 10.6. The molecule has 1 aromatic carbocycles. The quantitative estimate of drug-likeness (QED) is 0.497. The summed E-state index contributed by atoms with van der Waals surface area (Å²) in [7, 11) is 0. The average molecular weight is 428 g/mol. The van der Waals surface area contributed by atoms with Gasteiger partial charge in [-0.2, -0.15) is 11.8 Å². The molecule has 166 valence electrons. The smallest absolute Gasteiger partial charge is 0.0431 e. The molecule has 3 N–H and O–H groups in total. The Morgan fingerprint density at radius 1 is 1.03 bits per heavy atom. The molecule has 0 unspecified atom stereocenters. The summed E-state index contributed by atoms with van der Waals surface area (Å²) in [5, 5.41) is 9.06. The van der Waals surface area contributed by atoms with E-state index < -0.39 is 0 Å². The molecule has 5 aliphatic carbocycles. The van der Waals surface area contributed by atoms with Gasteiger partial charge in [0.2, 0.25) is 0 Å². The second-order valence-electron chi connectivity index (χ2n) is 11.2. The van der Waals surface area contributed by atoms with Gasteiger partial charge in [0.05, 0.1) is 0 Å². The molecule has 0 amide bonds. The van der Waals surface area contributed by atoms with Gasteiger partial charge in [-0.15, -0.1) is 0 Å². The number of unbranched alkanes of at least 4 members (excludes halogenated alkanes) is 1. The predicted octanol–water partition coefficient (Wildman–Crippen LogP) is 5.70. The van der Waals surface area contributed by atoms with Crippen LogP contribution in [-0.2, 0) is 12.8 Å². The molecule has 3 heteroatoms. The highest BCUT2D eigenvalue weighted by Crippen LogP contribution is 2.61.